The number of aldehydes is 1. The van der Waals surface area contributed by atoms with Gasteiger partial charge < -0.3 is 0 Å². The minimum atomic E-state index is -0.381. The van der Waals surface area contributed by atoms with Gasteiger partial charge in [-0.3, -0.25) is 9.20 Å². The minimum Gasteiger partial charge on any atom is -0.296 e. The fraction of sp³-hybridized carbons (Fsp3) is 0.333. The quantitative estimate of drug-likeness (QED) is 0.692. The highest BCUT2D eigenvalue weighted by Gasteiger charge is 2.23. The zero-order valence-corrected chi connectivity index (χ0v) is 9.49. The molecule has 0 unspecified atom stereocenters. The first-order chi connectivity index (χ1) is 7.43. The average Bonchev–Trinajstić information content (AvgIpc) is 2.54. The highest BCUT2D eigenvalue weighted by Crippen LogP contribution is 2.25. The van der Waals surface area contributed by atoms with Crippen molar-refractivity contribution >= 4 is 11.9 Å². The van der Waals surface area contributed by atoms with Crippen molar-refractivity contribution in [3.8, 4) is 0 Å². The van der Waals surface area contributed by atoms with Crippen molar-refractivity contribution in [2.45, 2.75) is 26.2 Å². The van der Waals surface area contributed by atoms with Crippen molar-refractivity contribution in [3.63, 3.8) is 0 Å². The van der Waals surface area contributed by atoms with Gasteiger partial charge in [-0.2, -0.15) is 0 Å². The van der Waals surface area contributed by atoms with Crippen LogP contribution in [0.4, 0.5) is 4.39 Å². The molecular formula is C12H13FN2O. The lowest BCUT2D eigenvalue weighted by molar-refractivity contribution is 0.111. The highest BCUT2D eigenvalue weighted by atomic mass is 19.1. The van der Waals surface area contributed by atoms with Gasteiger partial charge in [0.15, 0.2) is 6.29 Å². The molecule has 0 aromatic carbocycles. The van der Waals surface area contributed by atoms with Gasteiger partial charge in [0.1, 0.15) is 17.2 Å². The number of carbonyl (C=O) groups is 1. The molecule has 84 valence electrons. The lowest BCUT2D eigenvalue weighted by atomic mass is 9.91. The molecule has 0 radical (unpaired) electrons. The number of imidazole rings is 1. The van der Waals surface area contributed by atoms with Gasteiger partial charge >= 0.3 is 0 Å². The number of aromatic nitrogens is 2. The molecule has 16 heavy (non-hydrogen) atoms. The van der Waals surface area contributed by atoms with Crippen molar-refractivity contribution in [1.82, 2.24) is 9.38 Å². The predicted molar refractivity (Wildman–Crippen MR) is 59.2 cm³/mol. The summed E-state index contributed by atoms with van der Waals surface area (Å²) in [6.07, 6.45) is 2.00. The minimum absolute atomic E-state index is 0.237. The summed E-state index contributed by atoms with van der Waals surface area (Å²) in [6, 6.07) is 2.90. The fourth-order valence-corrected chi connectivity index (χ4v) is 1.70. The van der Waals surface area contributed by atoms with Crippen LogP contribution in [0.15, 0.2) is 18.3 Å². The van der Waals surface area contributed by atoms with E-state index in [1.165, 1.54) is 16.7 Å². The number of halogens is 1. The first kappa shape index (κ1) is 10.8. The summed E-state index contributed by atoms with van der Waals surface area (Å²) < 4.78 is 14.6. The smallest absolute Gasteiger partial charge is 0.168 e. The maximum atomic E-state index is 13.1. The van der Waals surface area contributed by atoms with E-state index >= 15 is 0 Å². The molecule has 0 aliphatic rings. The number of rotatable bonds is 1. The second-order valence-corrected chi connectivity index (χ2v) is 4.79. The van der Waals surface area contributed by atoms with Crippen molar-refractivity contribution < 1.29 is 9.18 Å². The second-order valence-electron chi connectivity index (χ2n) is 4.79. The molecule has 0 amide bonds. The molecule has 2 heterocycles. The highest BCUT2D eigenvalue weighted by molar-refractivity contribution is 5.77. The maximum absolute atomic E-state index is 13.1. The first-order valence-electron chi connectivity index (χ1n) is 5.07. The third kappa shape index (κ3) is 1.60. The van der Waals surface area contributed by atoms with Crippen molar-refractivity contribution in [2.24, 2.45) is 0 Å². The second kappa shape index (κ2) is 3.40. The third-order valence-electron chi connectivity index (χ3n) is 2.44. The number of carbonyl (C=O) groups excluding carboxylic acids is 1. The normalized spacial score (nSPS) is 12.0. The number of fused-ring (bicyclic) bond motifs is 1. The van der Waals surface area contributed by atoms with Gasteiger partial charge in [0, 0.05) is 11.6 Å². The van der Waals surface area contributed by atoms with E-state index in [0.717, 1.165) is 6.29 Å². The van der Waals surface area contributed by atoms with Gasteiger partial charge in [-0.1, -0.05) is 20.8 Å². The van der Waals surface area contributed by atoms with Crippen molar-refractivity contribution in [1.29, 1.82) is 0 Å². The number of pyridine rings is 1. The van der Waals surface area contributed by atoms with Gasteiger partial charge in [-0.15, -0.1) is 0 Å². The summed E-state index contributed by atoms with van der Waals surface area (Å²) in [6.45, 7) is 5.91. The third-order valence-corrected chi connectivity index (χ3v) is 2.44. The van der Waals surface area contributed by atoms with E-state index in [-0.39, 0.29) is 11.2 Å². The Bertz CT molecular complexity index is 552. The van der Waals surface area contributed by atoms with Gasteiger partial charge in [0.05, 0.1) is 5.69 Å². The van der Waals surface area contributed by atoms with Gasteiger partial charge in [0.2, 0.25) is 0 Å². The van der Waals surface area contributed by atoms with Gasteiger partial charge in [-0.25, -0.2) is 9.37 Å². The summed E-state index contributed by atoms with van der Waals surface area (Å²) in [5.41, 5.74) is 1.46. The molecule has 0 bridgehead atoms. The van der Waals surface area contributed by atoms with Crippen LogP contribution >= 0.6 is 0 Å². The van der Waals surface area contributed by atoms with Crippen LogP contribution < -0.4 is 0 Å². The molecule has 0 saturated heterocycles. The summed E-state index contributed by atoms with van der Waals surface area (Å²) >= 11 is 0. The molecule has 0 saturated carbocycles. The summed E-state index contributed by atoms with van der Waals surface area (Å²) in [5, 5.41) is 0. The maximum Gasteiger partial charge on any atom is 0.168 e. The summed E-state index contributed by atoms with van der Waals surface area (Å²) in [4.78, 5) is 15.4. The zero-order chi connectivity index (χ0) is 11.9. The number of hydrogen-bond acceptors (Lipinski definition) is 2. The average molecular weight is 220 g/mol. The molecule has 0 atom stereocenters. The standard InChI is InChI=1S/C12H13FN2O/c1-12(2,3)11-9(7-16)15-6-8(13)4-5-10(15)14-11/h4-7H,1-3H3. The van der Waals surface area contributed by atoms with Crippen LogP contribution in [-0.4, -0.2) is 15.7 Å². The van der Waals surface area contributed by atoms with Crippen LogP contribution in [0.3, 0.4) is 0 Å². The molecule has 4 heteroatoms. The lowest BCUT2D eigenvalue weighted by Gasteiger charge is -2.15. The van der Waals surface area contributed by atoms with Gasteiger partial charge in [-0.05, 0) is 12.1 Å². The van der Waals surface area contributed by atoms with E-state index in [2.05, 4.69) is 4.98 Å². The number of hydrogen-bond donors (Lipinski definition) is 0. The molecule has 3 nitrogen and oxygen atoms in total. The Morgan fingerprint density at radius 1 is 1.38 bits per heavy atom. The molecular weight excluding hydrogens is 207 g/mol. The zero-order valence-electron chi connectivity index (χ0n) is 9.49. The predicted octanol–water partition coefficient (Wildman–Crippen LogP) is 2.58. The Kier molecular flexibility index (Phi) is 2.30. The molecule has 0 N–H and O–H groups in total. The largest absolute Gasteiger partial charge is 0.296 e. The van der Waals surface area contributed by atoms with E-state index in [9.17, 15) is 9.18 Å². The summed E-state index contributed by atoms with van der Waals surface area (Å²) in [5.74, 6) is -0.381. The Morgan fingerprint density at radius 3 is 2.62 bits per heavy atom. The molecule has 0 spiro atoms. The van der Waals surface area contributed by atoms with Crippen LogP contribution in [0.25, 0.3) is 5.65 Å². The van der Waals surface area contributed by atoms with E-state index < -0.39 is 0 Å². The van der Waals surface area contributed by atoms with Gasteiger partial charge in [0.25, 0.3) is 0 Å². The van der Waals surface area contributed by atoms with Crippen LogP contribution in [0.2, 0.25) is 0 Å². The molecule has 0 fully saturated rings. The molecule has 2 rings (SSSR count). The Labute approximate surface area is 92.9 Å². The van der Waals surface area contributed by atoms with E-state index in [1.807, 2.05) is 20.8 Å². The van der Waals surface area contributed by atoms with E-state index in [1.54, 1.807) is 6.07 Å². The first-order valence-corrected chi connectivity index (χ1v) is 5.07. The van der Waals surface area contributed by atoms with E-state index in [0.29, 0.717) is 17.0 Å². The Balaban J connectivity index is 2.82. The van der Waals surface area contributed by atoms with Crippen LogP contribution in [-0.2, 0) is 5.41 Å². The Morgan fingerprint density at radius 2 is 2.06 bits per heavy atom. The monoisotopic (exact) mass is 220 g/mol. The topological polar surface area (TPSA) is 34.4 Å². The number of nitrogens with zero attached hydrogens (tertiary/aromatic N) is 2. The fourth-order valence-electron chi connectivity index (χ4n) is 1.70. The summed E-state index contributed by atoms with van der Waals surface area (Å²) in [7, 11) is 0. The molecule has 0 aliphatic heterocycles. The SMILES string of the molecule is CC(C)(C)c1nc2ccc(F)cn2c1C=O. The lowest BCUT2D eigenvalue weighted by Crippen LogP contribution is -2.14. The molecule has 2 aromatic heterocycles. The van der Waals surface area contributed by atoms with Crippen LogP contribution in [0.5, 0.6) is 0 Å². The van der Waals surface area contributed by atoms with Crippen LogP contribution in [0.1, 0.15) is 37.0 Å². The van der Waals surface area contributed by atoms with Crippen molar-refractivity contribution in [3.05, 3.63) is 35.5 Å². The van der Waals surface area contributed by atoms with Crippen LogP contribution in [0, 0.1) is 5.82 Å². The van der Waals surface area contributed by atoms with E-state index in [4.69, 9.17) is 0 Å². The Hall–Kier alpha value is -1.71. The molecule has 0 aliphatic carbocycles. The molecule has 2 aromatic rings. The van der Waals surface area contributed by atoms with Crippen molar-refractivity contribution in [2.75, 3.05) is 0 Å².